The number of benzene rings is 1. The molecule has 0 radical (unpaired) electrons. The van der Waals surface area contributed by atoms with E-state index < -0.39 is 6.04 Å². The van der Waals surface area contributed by atoms with Crippen molar-refractivity contribution in [2.75, 3.05) is 14.2 Å². The van der Waals surface area contributed by atoms with Gasteiger partial charge in [-0.2, -0.15) is 0 Å². The molecule has 1 aromatic carbocycles. The SMILES string of the molecule is COc1ccc(CC(=O)NC(N)=N[C@H](CC(C)C)C(=O)CC2CCC(O)CC2)cc1OC. The maximum absolute atomic E-state index is 12.9. The van der Waals surface area contributed by atoms with Crippen LogP contribution in [0.5, 0.6) is 11.5 Å². The zero-order valence-corrected chi connectivity index (χ0v) is 19.6. The Balaban J connectivity index is 1.99. The molecule has 0 unspecified atom stereocenters. The Morgan fingerprint density at radius 1 is 1.16 bits per heavy atom. The van der Waals surface area contributed by atoms with Crippen LogP contribution >= 0.6 is 0 Å². The van der Waals surface area contributed by atoms with Crippen LogP contribution in [0, 0.1) is 11.8 Å². The van der Waals surface area contributed by atoms with Gasteiger partial charge in [-0.25, -0.2) is 4.99 Å². The van der Waals surface area contributed by atoms with Crippen LogP contribution in [0.4, 0.5) is 0 Å². The quantitative estimate of drug-likeness (QED) is 0.374. The van der Waals surface area contributed by atoms with Gasteiger partial charge in [0.1, 0.15) is 6.04 Å². The molecule has 1 amide bonds. The lowest BCUT2D eigenvalue weighted by Crippen LogP contribution is -2.40. The maximum atomic E-state index is 12.9. The van der Waals surface area contributed by atoms with E-state index in [0.717, 1.165) is 31.2 Å². The van der Waals surface area contributed by atoms with E-state index in [1.165, 1.54) is 7.11 Å². The number of carbonyl (C=O) groups is 2. The van der Waals surface area contributed by atoms with Crippen molar-refractivity contribution in [3.8, 4) is 11.5 Å². The van der Waals surface area contributed by atoms with Gasteiger partial charge in [-0.3, -0.25) is 14.9 Å². The number of ether oxygens (including phenoxy) is 2. The lowest BCUT2D eigenvalue weighted by atomic mass is 9.82. The van der Waals surface area contributed by atoms with Crippen molar-refractivity contribution in [3.05, 3.63) is 23.8 Å². The highest BCUT2D eigenvalue weighted by atomic mass is 16.5. The fraction of sp³-hybridized carbons (Fsp3) is 0.625. The van der Waals surface area contributed by atoms with E-state index in [1.54, 1.807) is 25.3 Å². The lowest BCUT2D eigenvalue weighted by molar-refractivity contribution is -0.122. The van der Waals surface area contributed by atoms with Crippen LogP contribution < -0.4 is 20.5 Å². The van der Waals surface area contributed by atoms with E-state index in [4.69, 9.17) is 15.2 Å². The van der Waals surface area contributed by atoms with E-state index in [2.05, 4.69) is 10.3 Å². The number of carbonyl (C=O) groups excluding carboxylic acids is 2. The number of methoxy groups -OCH3 is 2. The van der Waals surface area contributed by atoms with Crippen LogP contribution in [0.2, 0.25) is 0 Å². The second-order valence-electron chi connectivity index (χ2n) is 8.92. The second kappa shape index (κ2) is 12.4. The average Bonchev–Trinajstić information content (AvgIpc) is 2.74. The number of amides is 1. The van der Waals surface area contributed by atoms with E-state index in [1.807, 2.05) is 13.8 Å². The summed E-state index contributed by atoms with van der Waals surface area (Å²) in [5.41, 5.74) is 6.72. The largest absolute Gasteiger partial charge is 0.493 e. The molecule has 1 aliphatic carbocycles. The predicted molar refractivity (Wildman–Crippen MR) is 124 cm³/mol. The summed E-state index contributed by atoms with van der Waals surface area (Å²) in [7, 11) is 3.08. The summed E-state index contributed by atoms with van der Waals surface area (Å²) in [6.07, 6.45) is 4.02. The van der Waals surface area contributed by atoms with E-state index >= 15 is 0 Å². The third-order valence-electron chi connectivity index (χ3n) is 5.75. The first-order valence-electron chi connectivity index (χ1n) is 11.3. The van der Waals surface area contributed by atoms with Crippen LogP contribution in [-0.4, -0.2) is 49.1 Å². The third kappa shape index (κ3) is 8.15. The number of aliphatic hydroxyl groups excluding tert-OH is 1. The van der Waals surface area contributed by atoms with Crippen molar-refractivity contribution in [2.45, 2.75) is 70.9 Å². The van der Waals surface area contributed by atoms with Crippen LogP contribution in [0.1, 0.15) is 57.9 Å². The Hall–Kier alpha value is -2.61. The second-order valence-corrected chi connectivity index (χ2v) is 8.92. The summed E-state index contributed by atoms with van der Waals surface area (Å²) >= 11 is 0. The molecule has 178 valence electrons. The number of rotatable bonds is 10. The molecule has 0 aromatic heterocycles. The summed E-state index contributed by atoms with van der Waals surface area (Å²) in [4.78, 5) is 29.7. The molecule has 0 spiro atoms. The molecule has 1 fully saturated rings. The van der Waals surface area contributed by atoms with Gasteiger partial charge in [0.25, 0.3) is 0 Å². The number of Topliss-reactive ketones (excluding diaryl/α,β-unsaturated/α-hetero) is 1. The fourth-order valence-corrected chi connectivity index (χ4v) is 4.04. The van der Waals surface area contributed by atoms with E-state index in [-0.39, 0.29) is 42.0 Å². The lowest BCUT2D eigenvalue weighted by Gasteiger charge is -2.26. The van der Waals surface area contributed by atoms with Crippen LogP contribution in [-0.2, 0) is 16.0 Å². The van der Waals surface area contributed by atoms with Gasteiger partial charge in [0.2, 0.25) is 5.91 Å². The molecular formula is C24H37N3O5. The number of nitrogens with two attached hydrogens (primary N) is 1. The highest BCUT2D eigenvalue weighted by Crippen LogP contribution is 2.29. The number of nitrogens with zero attached hydrogens (tertiary/aromatic N) is 1. The molecule has 0 saturated heterocycles. The Bertz CT molecular complexity index is 801. The van der Waals surface area contributed by atoms with E-state index in [0.29, 0.717) is 24.3 Å². The highest BCUT2D eigenvalue weighted by molar-refractivity contribution is 5.98. The topological polar surface area (TPSA) is 123 Å². The number of aliphatic imine (C=N–C) groups is 1. The normalized spacial score (nSPS) is 20.0. The van der Waals surface area contributed by atoms with Crippen molar-refractivity contribution in [3.63, 3.8) is 0 Å². The van der Waals surface area contributed by atoms with Crippen molar-refractivity contribution < 1.29 is 24.2 Å². The van der Waals surface area contributed by atoms with Crippen LogP contribution in [0.3, 0.4) is 0 Å². The van der Waals surface area contributed by atoms with Gasteiger partial charge in [0.15, 0.2) is 23.2 Å². The van der Waals surface area contributed by atoms with Crippen molar-refractivity contribution in [1.29, 1.82) is 0 Å². The van der Waals surface area contributed by atoms with Crippen molar-refractivity contribution in [2.24, 2.45) is 22.6 Å². The molecule has 1 aliphatic rings. The summed E-state index contributed by atoms with van der Waals surface area (Å²) in [6.45, 7) is 4.05. The molecule has 32 heavy (non-hydrogen) atoms. The number of hydrogen-bond donors (Lipinski definition) is 3. The van der Waals surface area contributed by atoms with Gasteiger partial charge in [0.05, 0.1) is 26.7 Å². The molecule has 8 heteroatoms. The summed E-state index contributed by atoms with van der Waals surface area (Å²) < 4.78 is 10.5. The molecule has 0 bridgehead atoms. The Labute approximate surface area is 190 Å². The highest BCUT2D eigenvalue weighted by Gasteiger charge is 2.26. The van der Waals surface area contributed by atoms with Gasteiger partial charge < -0.3 is 20.3 Å². The first kappa shape index (κ1) is 25.6. The predicted octanol–water partition coefficient (Wildman–Crippen LogP) is 2.60. The van der Waals surface area contributed by atoms with Crippen LogP contribution in [0.25, 0.3) is 0 Å². The maximum Gasteiger partial charge on any atom is 0.231 e. The molecule has 1 saturated carbocycles. The van der Waals surface area contributed by atoms with Gasteiger partial charge >= 0.3 is 0 Å². The number of ketones is 1. The zero-order chi connectivity index (χ0) is 23.7. The minimum Gasteiger partial charge on any atom is -0.493 e. The van der Waals surface area contributed by atoms with Crippen molar-refractivity contribution >= 4 is 17.6 Å². The summed E-state index contributed by atoms with van der Waals surface area (Å²) in [5, 5.41) is 12.3. The first-order valence-corrected chi connectivity index (χ1v) is 11.3. The number of aliphatic hydroxyl groups is 1. The third-order valence-corrected chi connectivity index (χ3v) is 5.75. The standard InChI is InChI=1S/C24H37N3O5/c1-15(2)11-19(20(29)12-16-5-8-18(28)9-6-16)26-24(25)27-23(30)14-17-7-10-21(31-3)22(13-17)32-4/h7,10,13,15-16,18-19,28H,5-6,8-9,11-12,14H2,1-4H3,(H3,25,26,27,30)/t16?,18?,19-/m1/s1. The Kier molecular flexibility index (Phi) is 9.97. The summed E-state index contributed by atoms with van der Waals surface area (Å²) in [6, 6.07) is 4.67. The minimum atomic E-state index is -0.580. The smallest absolute Gasteiger partial charge is 0.231 e. The molecule has 2 rings (SSSR count). The number of nitrogens with one attached hydrogen (secondary N) is 1. The molecular weight excluding hydrogens is 410 g/mol. The minimum absolute atomic E-state index is 0.0391. The van der Waals surface area contributed by atoms with Gasteiger partial charge in [-0.05, 0) is 61.6 Å². The zero-order valence-electron chi connectivity index (χ0n) is 19.6. The Morgan fingerprint density at radius 3 is 2.41 bits per heavy atom. The Morgan fingerprint density at radius 2 is 1.81 bits per heavy atom. The first-order chi connectivity index (χ1) is 15.2. The monoisotopic (exact) mass is 447 g/mol. The average molecular weight is 448 g/mol. The molecule has 4 N–H and O–H groups in total. The summed E-state index contributed by atoms with van der Waals surface area (Å²) in [5.74, 6) is 1.33. The van der Waals surface area contributed by atoms with Gasteiger partial charge in [-0.1, -0.05) is 19.9 Å². The van der Waals surface area contributed by atoms with Crippen LogP contribution in [0.15, 0.2) is 23.2 Å². The number of hydrogen-bond acceptors (Lipinski definition) is 6. The molecule has 0 heterocycles. The molecule has 0 aliphatic heterocycles. The molecule has 8 nitrogen and oxygen atoms in total. The van der Waals surface area contributed by atoms with Gasteiger partial charge in [0, 0.05) is 6.42 Å². The van der Waals surface area contributed by atoms with Gasteiger partial charge in [-0.15, -0.1) is 0 Å². The van der Waals surface area contributed by atoms with E-state index in [9.17, 15) is 14.7 Å². The number of guanidine groups is 1. The molecule has 1 aromatic rings. The van der Waals surface area contributed by atoms with Crippen molar-refractivity contribution in [1.82, 2.24) is 5.32 Å². The molecule has 1 atom stereocenters. The fourth-order valence-electron chi connectivity index (χ4n) is 4.04.